The molecule has 128 valence electrons. The molecule has 0 heterocycles. The zero-order valence-corrected chi connectivity index (χ0v) is 13.0. The second-order valence-electron chi connectivity index (χ2n) is 5.00. The normalized spacial score (nSPS) is 11.8. The van der Waals surface area contributed by atoms with Crippen molar-refractivity contribution in [2.45, 2.75) is 5.92 Å². The number of carboxylic acids is 1. The molecular formula is C17H18O7. The fourth-order valence-corrected chi connectivity index (χ4v) is 2.36. The summed E-state index contributed by atoms with van der Waals surface area (Å²) in [6.45, 7) is -0.0364. The first-order valence-electron chi connectivity index (χ1n) is 7.14. The van der Waals surface area contributed by atoms with E-state index >= 15 is 0 Å². The maximum absolute atomic E-state index is 11.8. The Morgan fingerprint density at radius 1 is 1.12 bits per heavy atom. The third-order valence-electron chi connectivity index (χ3n) is 3.46. The maximum atomic E-state index is 11.8. The van der Waals surface area contributed by atoms with Gasteiger partial charge in [0.1, 0.15) is 24.0 Å². The highest BCUT2D eigenvalue weighted by Gasteiger charge is 2.26. The lowest BCUT2D eigenvalue weighted by Gasteiger charge is -2.18. The lowest BCUT2D eigenvalue weighted by molar-refractivity contribution is -0.137. The molecule has 2 rings (SSSR count). The summed E-state index contributed by atoms with van der Waals surface area (Å²) in [5.41, 5.74) is 0.659. The fourth-order valence-electron chi connectivity index (χ4n) is 2.36. The number of methoxy groups -OCH3 is 1. The van der Waals surface area contributed by atoms with Gasteiger partial charge in [-0.3, -0.25) is 4.79 Å². The van der Waals surface area contributed by atoms with Crippen LogP contribution in [-0.4, -0.2) is 46.7 Å². The van der Waals surface area contributed by atoms with Crippen molar-refractivity contribution in [3.05, 3.63) is 47.5 Å². The zero-order valence-electron chi connectivity index (χ0n) is 13.0. The number of carboxylic acid groups (broad SMARTS) is 1. The summed E-state index contributed by atoms with van der Waals surface area (Å²) >= 11 is 0. The van der Waals surface area contributed by atoms with Gasteiger partial charge in [-0.05, 0) is 23.8 Å². The molecule has 7 nitrogen and oxygen atoms in total. The Kier molecular flexibility index (Phi) is 5.49. The van der Waals surface area contributed by atoms with Gasteiger partial charge in [0.05, 0.1) is 13.7 Å². The van der Waals surface area contributed by atoms with Gasteiger partial charge in [0.15, 0.2) is 11.5 Å². The molecule has 2 aromatic rings. The summed E-state index contributed by atoms with van der Waals surface area (Å²) in [5, 5.41) is 37.4. The Hall–Kier alpha value is -2.93. The smallest absolute Gasteiger partial charge is 0.315 e. The highest BCUT2D eigenvalue weighted by molar-refractivity contribution is 5.82. The number of carbonyl (C=O) groups is 1. The fraction of sp³-hybridized carbons (Fsp3) is 0.235. The van der Waals surface area contributed by atoms with Gasteiger partial charge in [0.25, 0.3) is 0 Å². The van der Waals surface area contributed by atoms with Crippen molar-refractivity contribution in [3.63, 3.8) is 0 Å². The van der Waals surface area contributed by atoms with Crippen LogP contribution >= 0.6 is 0 Å². The first-order valence-corrected chi connectivity index (χ1v) is 7.14. The summed E-state index contributed by atoms with van der Waals surface area (Å²) in [4.78, 5) is 11.8. The van der Waals surface area contributed by atoms with Gasteiger partial charge < -0.3 is 29.9 Å². The molecule has 0 aliphatic rings. The molecule has 7 heteroatoms. The molecule has 0 spiro atoms. The van der Waals surface area contributed by atoms with Crippen LogP contribution in [0.15, 0.2) is 36.4 Å². The van der Waals surface area contributed by atoms with Crippen LogP contribution in [0.25, 0.3) is 0 Å². The van der Waals surface area contributed by atoms with Crippen LogP contribution in [0.2, 0.25) is 0 Å². The minimum atomic E-state index is -1.14. The standard InChI is InChI=1S/C17H18O7/c1-23-15-9-11(24-7-6-18)3-4-12(15)16(17(21)22)10-2-5-13(19)14(20)8-10/h2-5,8-9,16,18-20H,6-7H2,1H3,(H,21,22). The van der Waals surface area contributed by atoms with Gasteiger partial charge in [-0.2, -0.15) is 0 Å². The van der Waals surface area contributed by atoms with Gasteiger partial charge >= 0.3 is 5.97 Å². The Balaban J connectivity index is 2.47. The van der Waals surface area contributed by atoms with Crippen LogP contribution in [0.1, 0.15) is 17.0 Å². The lowest BCUT2D eigenvalue weighted by Crippen LogP contribution is -2.14. The number of phenols is 2. The van der Waals surface area contributed by atoms with Crippen LogP contribution < -0.4 is 9.47 Å². The molecule has 0 bridgehead atoms. The van der Waals surface area contributed by atoms with Gasteiger partial charge in [-0.25, -0.2) is 0 Å². The second-order valence-corrected chi connectivity index (χ2v) is 5.00. The first-order chi connectivity index (χ1) is 11.5. The summed E-state index contributed by atoms with van der Waals surface area (Å²) in [6.07, 6.45) is 0. The molecule has 2 aromatic carbocycles. The van der Waals surface area contributed by atoms with Crippen molar-refractivity contribution < 1.29 is 34.7 Å². The number of phenolic OH excluding ortho intramolecular Hbond substituents is 2. The third-order valence-corrected chi connectivity index (χ3v) is 3.46. The SMILES string of the molecule is COc1cc(OCCO)ccc1C(C(=O)O)c1ccc(O)c(O)c1. The van der Waals surface area contributed by atoms with E-state index in [-0.39, 0.29) is 19.0 Å². The molecule has 4 N–H and O–H groups in total. The summed E-state index contributed by atoms with van der Waals surface area (Å²) < 4.78 is 10.5. The van der Waals surface area contributed by atoms with Crippen LogP contribution in [-0.2, 0) is 4.79 Å². The average Bonchev–Trinajstić information content (AvgIpc) is 2.56. The monoisotopic (exact) mass is 334 g/mol. The number of ether oxygens (including phenoxy) is 2. The van der Waals surface area contributed by atoms with Crippen molar-refractivity contribution in [2.24, 2.45) is 0 Å². The lowest BCUT2D eigenvalue weighted by atomic mass is 9.90. The van der Waals surface area contributed by atoms with E-state index in [1.807, 2.05) is 0 Å². The zero-order chi connectivity index (χ0) is 17.7. The molecular weight excluding hydrogens is 316 g/mol. The summed E-state index contributed by atoms with van der Waals surface area (Å²) in [5.74, 6) is -2.24. The minimum Gasteiger partial charge on any atom is -0.504 e. The highest BCUT2D eigenvalue weighted by Crippen LogP contribution is 2.37. The summed E-state index contributed by atoms with van der Waals surface area (Å²) in [7, 11) is 1.40. The van der Waals surface area contributed by atoms with E-state index in [4.69, 9.17) is 14.6 Å². The molecule has 0 saturated carbocycles. The predicted molar refractivity (Wildman–Crippen MR) is 84.8 cm³/mol. The van der Waals surface area contributed by atoms with Crippen molar-refractivity contribution in [2.75, 3.05) is 20.3 Å². The van der Waals surface area contributed by atoms with E-state index in [2.05, 4.69) is 0 Å². The van der Waals surface area contributed by atoms with Crippen LogP contribution in [0.5, 0.6) is 23.0 Å². The molecule has 0 aliphatic heterocycles. The molecule has 0 saturated heterocycles. The summed E-state index contributed by atoms with van der Waals surface area (Å²) in [6, 6.07) is 8.50. The van der Waals surface area contributed by atoms with E-state index in [1.54, 1.807) is 12.1 Å². The number of aliphatic hydroxyl groups is 1. The Bertz CT molecular complexity index is 727. The molecule has 0 aliphatic carbocycles. The highest BCUT2D eigenvalue weighted by atomic mass is 16.5. The van der Waals surface area contributed by atoms with Crippen molar-refractivity contribution in [1.29, 1.82) is 0 Å². The topological polar surface area (TPSA) is 116 Å². The Labute approximate surface area is 138 Å². The number of aliphatic hydroxyl groups excluding tert-OH is 1. The van der Waals surface area contributed by atoms with Gasteiger partial charge in [0, 0.05) is 11.6 Å². The number of aromatic hydroxyl groups is 2. The molecule has 1 unspecified atom stereocenters. The largest absolute Gasteiger partial charge is 0.504 e. The number of benzene rings is 2. The minimum absolute atomic E-state index is 0.108. The van der Waals surface area contributed by atoms with Crippen LogP contribution in [0, 0.1) is 0 Å². The van der Waals surface area contributed by atoms with Crippen LogP contribution in [0.3, 0.4) is 0 Å². The average molecular weight is 334 g/mol. The number of rotatable bonds is 7. The van der Waals surface area contributed by atoms with Gasteiger partial charge in [-0.1, -0.05) is 12.1 Å². The van der Waals surface area contributed by atoms with E-state index in [0.717, 1.165) is 0 Å². The van der Waals surface area contributed by atoms with Crippen molar-refractivity contribution in [1.82, 2.24) is 0 Å². The van der Waals surface area contributed by atoms with E-state index < -0.39 is 17.6 Å². The quantitative estimate of drug-likeness (QED) is 0.569. The number of hydrogen-bond acceptors (Lipinski definition) is 6. The second kappa shape index (κ2) is 7.56. The third kappa shape index (κ3) is 3.69. The Morgan fingerprint density at radius 3 is 2.46 bits per heavy atom. The Morgan fingerprint density at radius 2 is 1.88 bits per heavy atom. The number of hydrogen-bond donors (Lipinski definition) is 4. The van der Waals surface area contributed by atoms with Crippen molar-refractivity contribution >= 4 is 5.97 Å². The molecule has 0 fully saturated rings. The van der Waals surface area contributed by atoms with Crippen LogP contribution in [0.4, 0.5) is 0 Å². The van der Waals surface area contributed by atoms with Crippen molar-refractivity contribution in [3.8, 4) is 23.0 Å². The van der Waals surface area contributed by atoms with E-state index in [9.17, 15) is 20.1 Å². The first kappa shape index (κ1) is 17.4. The molecule has 0 amide bonds. The molecule has 0 radical (unpaired) electrons. The van der Waals surface area contributed by atoms with Gasteiger partial charge in [0.2, 0.25) is 0 Å². The predicted octanol–water partition coefficient (Wildman–Crippen LogP) is 1.69. The molecule has 1 atom stereocenters. The van der Waals surface area contributed by atoms with Gasteiger partial charge in [-0.15, -0.1) is 0 Å². The molecule has 24 heavy (non-hydrogen) atoms. The van der Waals surface area contributed by atoms with E-state index in [0.29, 0.717) is 22.6 Å². The number of aliphatic carboxylic acids is 1. The van der Waals surface area contributed by atoms with E-state index in [1.165, 1.54) is 31.4 Å². The maximum Gasteiger partial charge on any atom is 0.315 e. The molecule has 0 aromatic heterocycles.